The van der Waals surface area contributed by atoms with Crippen LogP contribution in [0.4, 0.5) is 15.8 Å². The van der Waals surface area contributed by atoms with Crippen LogP contribution in [0.15, 0.2) is 36.8 Å². The number of aromatic nitrogens is 2. The Morgan fingerprint density at radius 1 is 1.38 bits per heavy atom. The van der Waals surface area contributed by atoms with E-state index in [4.69, 9.17) is 11.6 Å². The predicted molar refractivity (Wildman–Crippen MR) is 129 cm³/mol. The van der Waals surface area contributed by atoms with Crippen molar-refractivity contribution >= 4 is 57.1 Å². The molecule has 1 aromatic carbocycles. The number of amides is 1. The molecule has 3 N–H and O–H groups in total. The molecule has 2 aromatic heterocycles. The molecule has 0 bridgehead atoms. The molecule has 4 heterocycles. The Hall–Kier alpha value is -1.95. The fraction of sp³-hybridized carbons (Fsp3) is 0.364. The fourth-order valence-electron chi connectivity index (χ4n) is 4.49. The number of carbonyl (C=O) groups excluding carboxylic acids is 1. The molecule has 10 heteroatoms. The lowest BCUT2D eigenvalue weighted by Gasteiger charge is -2.51. The number of hydrogen-bond acceptors (Lipinski definition) is 5. The van der Waals surface area contributed by atoms with Gasteiger partial charge in [-0.1, -0.05) is 18.0 Å². The second-order valence-electron chi connectivity index (χ2n) is 8.41. The van der Waals surface area contributed by atoms with Gasteiger partial charge in [-0.05, 0) is 60.2 Å². The van der Waals surface area contributed by atoms with E-state index in [-0.39, 0.29) is 41.3 Å². The molecular weight excluding hydrogens is 548 g/mol. The monoisotopic (exact) mass is 569 g/mol. The van der Waals surface area contributed by atoms with E-state index in [2.05, 4.69) is 15.6 Å². The third-order valence-electron chi connectivity index (χ3n) is 6.22. The summed E-state index contributed by atoms with van der Waals surface area (Å²) in [6, 6.07) is 4.76. The van der Waals surface area contributed by atoms with Gasteiger partial charge in [-0.15, -0.1) is 0 Å². The maximum absolute atomic E-state index is 14.5. The molecule has 3 aromatic rings. The molecule has 0 spiro atoms. The van der Waals surface area contributed by atoms with Crippen LogP contribution in [0.2, 0.25) is 5.02 Å². The Morgan fingerprint density at radius 2 is 2.19 bits per heavy atom. The lowest BCUT2D eigenvalue weighted by Crippen LogP contribution is -2.72. The van der Waals surface area contributed by atoms with Crippen LogP contribution in [0, 0.1) is 9.39 Å². The summed E-state index contributed by atoms with van der Waals surface area (Å²) in [5.74, 6) is -0.729. The average molecular weight is 570 g/mol. The number of piperidine rings is 1. The maximum Gasteiger partial charge on any atom is 0.257 e. The molecule has 32 heavy (non-hydrogen) atoms. The number of nitrogens with one attached hydrogen (secondary N) is 2. The first-order valence-corrected chi connectivity index (χ1v) is 11.9. The average Bonchev–Trinajstić information content (AvgIpc) is 3.24. The largest absolute Gasteiger partial charge is 0.385 e. The van der Waals surface area contributed by atoms with Crippen molar-refractivity contribution in [2.45, 2.75) is 30.9 Å². The van der Waals surface area contributed by atoms with Crippen LogP contribution in [0.25, 0.3) is 5.65 Å². The molecule has 2 aliphatic heterocycles. The van der Waals surface area contributed by atoms with Crippen molar-refractivity contribution in [3.8, 4) is 0 Å². The smallest absolute Gasteiger partial charge is 0.257 e. The van der Waals surface area contributed by atoms with Gasteiger partial charge in [0.05, 0.1) is 30.0 Å². The van der Waals surface area contributed by atoms with Crippen molar-refractivity contribution in [3.05, 3.63) is 56.8 Å². The summed E-state index contributed by atoms with van der Waals surface area (Å²) in [5, 5.41) is 17.6. The van der Waals surface area contributed by atoms with Crippen molar-refractivity contribution in [2.75, 3.05) is 25.0 Å². The van der Waals surface area contributed by atoms with Crippen LogP contribution in [0.5, 0.6) is 0 Å². The molecule has 7 nitrogen and oxygen atoms in total. The molecule has 2 fully saturated rings. The van der Waals surface area contributed by atoms with E-state index < -0.39 is 11.4 Å². The summed E-state index contributed by atoms with van der Waals surface area (Å²) in [6.07, 6.45) is 7.98. The summed E-state index contributed by atoms with van der Waals surface area (Å²) in [5.41, 5.74) is 0.320. The summed E-state index contributed by atoms with van der Waals surface area (Å²) >= 11 is 8.64. The molecule has 2 aliphatic rings. The van der Waals surface area contributed by atoms with E-state index in [1.807, 2.05) is 22.6 Å². The molecule has 1 amide bonds. The molecule has 5 rings (SSSR count). The minimum atomic E-state index is -0.936. The highest BCUT2D eigenvalue weighted by Gasteiger charge is 2.49. The number of carbonyl (C=O) groups is 1. The van der Waals surface area contributed by atoms with Crippen molar-refractivity contribution in [2.24, 2.45) is 0 Å². The normalized spacial score (nSPS) is 20.2. The number of nitrogens with zero attached hydrogens (tertiary/aromatic N) is 3. The Morgan fingerprint density at radius 3 is 2.91 bits per heavy atom. The lowest BCUT2D eigenvalue weighted by atomic mass is 9.81. The topological polar surface area (TPSA) is 81.9 Å². The molecule has 2 saturated heterocycles. The van der Waals surface area contributed by atoms with Crippen LogP contribution >= 0.6 is 34.2 Å². The zero-order valence-corrected chi connectivity index (χ0v) is 20.0. The quantitative estimate of drug-likeness (QED) is 0.417. The summed E-state index contributed by atoms with van der Waals surface area (Å²) < 4.78 is 17.0. The van der Waals surface area contributed by atoms with Gasteiger partial charge < -0.3 is 25.0 Å². The van der Waals surface area contributed by atoms with Crippen LogP contribution in [0.1, 0.15) is 29.6 Å². The number of fused-ring (bicyclic) bond motifs is 1. The van der Waals surface area contributed by atoms with E-state index in [0.29, 0.717) is 11.3 Å². The molecule has 1 atom stereocenters. The van der Waals surface area contributed by atoms with Gasteiger partial charge in [0.1, 0.15) is 16.4 Å². The number of benzene rings is 1. The second kappa shape index (κ2) is 8.44. The number of rotatable bonds is 4. The number of halogens is 3. The Labute approximate surface area is 203 Å². The van der Waals surface area contributed by atoms with Crippen molar-refractivity contribution < 1.29 is 14.3 Å². The molecule has 0 aliphatic carbocycles. The summed E-state index contributed by atoms with van der Waals surface area (Å²) in [4.78, 5) is 19.3. The standard InChI is InChI=1S/C22H22ClFIN5O2/c23-18-19(28-16-5-4-13(25)9-15(16)24)14(10-29-8-7-27-20(18)29)21(31)30-11-22(32,12-30)17-3-1-2-6-26-17/h4-5,7-10,17,26,28,32H,1-3,6,11-12H2/t17-/m0/s1. The highest BCUT2D eigenvalue weighted by atomic mass is 127. The highest BCUT2D eigenvalue weighted by molar-refractivity contribution is 14.1. The van der Waals surface area contributed by atoms with Gasteiger partial charge >= 0.3 is 0 Å². The van der Waals surface area contributed by atoms with Gasteiger partial charge in [-0.3, -0.25) is 4.79 Å². The lowest BCUT2D eigenvalue weighted by molar-refractivity contribution is -0.108. The zero-order valence-electron chi connectivity index (χ0n) is 17.1. The zero-order chi connectivity index (χ0) is 22.5. The molecule has 0 unspecified atom stereocenters. The van der Waals surface area contributed by atoms with Gasteiger partial charge in [0, 0.05) is 28.2 Å². The minimum absolute atomic E-state index is 0.0153. The summed E-state index contributed by atoms with van der Waals surface area (Å²) in [7, 11) is 0. The van der Waals surface area contributed by atoms with Crippen molar-refractivity contribution in [3.63, 3.8) is 0 Å². The highest BCUT2D eigenvalue weighted by Crippen LogP contribution is 2.36. The van der Waals surface area contributed by atoms with E-state index in [9.17, 15) is 14.3 Å². The van der Waals surface area contributed by atoms with Gasteiger partial charge in [-0.25, -0.2) is 9.37 Å². The Balaban J connectivity index is 1.46. The van der Waals surface area contributed by atoms with Gasteiger partial charge in [0.25, 0.3) is 5.91 Å². The van der Waals surface area contributed by atoms with E-state index in [1.54, 1.807) is 40.0 Å². The number of pyridine rings is 1. The summed E-state index contributed by atoms with van der Waals surface area (Å²) in [6.45, 7) is 1.35. The number of imidazole rings is 1. The predicted octanol–water partition coefficient (Wildman–Crippen LogP) is 3.80. The molecule has 0 saturated carbocycles. The molecule has 168 valence electrons. The first-order chi connectivity index (χ1) is 15.4. The number of aliphatic hydroxyl groups is 1. The first-order valence-electron chi connectivity index (χ1n) is 10.5. The van der Waals surface area contributed by atoms with Crippen LogP contribution < -0.4 is 10.6 Å². The first kappa shape index (κ1) is 21.9. The fourth-order valence-corrected chi connectivity index (χ4v) is 5.24. The Kier molecular flexibility index (Phi) is 5.77. The number of likely N-dealkylation sites (tertiary alicyclic amines) is 1. The Bertz CT molecular complexity index is 1190. The third kappa shape index (κ3) is 3.85. The van der Waals surface area contributed by atoms with Crippen LogP contribution in [-0.2, 0) is 0 Å². The third-order valence-corrected chi connectivity index (χ3v) is 7.25. The van der Waals surface area contributed by atoms with Gasteiger partial charge in [0.15, 0.2) is 5.65 Å². The molecule has 0 radical (unpaired) electrons. The minimum Gasteiger partial charge on any atom is -0.385 e. The van der Waals surface area contributed by atoms with Crippen LogP contribution in [-0.4, -0.2) is 56.6 Å². The number of hydrogen-bond donors (Lipinski definition) is 3. The van der Waals surface area contributed by atoms with Gasteiger partial charge in [0.2, 0.25) is 0 Å². The van der Waals surface area contributed by atoms with E-state index >= 15 is 0 Å². The van der Waals surface area contributed by atoms with Gasteiger partial charge in [-0.2, -0.15) is 0 Å². The van der Waals surface area contributed by atoms with E-state index in [1.165, 1.54) is 6.07 Å². The van der Waals surface area contributed by atoms with Crippen molar-refractivity contribution in [1.82, 2.24) is 19.6 Å². The van der Waals surface area contributed by atoms with Crippen LogP contribution in [0.3, 0.4) is 0 Å². The number of anilines is 2. The second-order valence-corrected chi connectivity index (χ2v) is 10.0. The number of β-amino-alcohol motifs (C(OH)–C–C–N with tert-alkyl or cyclic N) is 1. The van der Waals surface area contributed by atoms with Crippen molar-refractivity contribution in [1.29, 1.82) is 0 Å². The maximum atomic E-state index is 14.5. The van der Waals surface area contributed by atoms with E-state index in [0.717, 1.165) is 29.4 Å². The SMILES string of the molecule is O=C(c1cn2ccnc2c(Cl)c1Nc1ccc(I)cc1F)N1CC(O)([C@@H]2CCCCN2)C1. The molecular formula is C22H22ClFIN5O2.